The average Bonchev–Trinajstić information content (AvgIpc) is 3.48. The molecule has 10 heteroatoms. The van der Waals surface area contributed by atoms with Crippen LogP contribution in [0.1, 0.15) is 28.9 Å². The second-order valence-electron chi connectivity index (χ2n) is 8.64. The Labute approximate surface area is 200 Å². The number of Topliss-reactive ketones (excluding diaryl/α,β-unsaturated/α-hetero) is 1. The highest BCUT2D eigenvalue weighted by Crippen LogP contribution is 2.39. The number of aliphatic hydroxyl groups excluding tert-OH is 1. The maximum absolute atomic E-state index is 13.3. The number of carbonyl (C=O) groups is 3. The average molecular weight is 477 g/mol. The fraction of sp³-hybridized carbons (Fsp3) is 0.280. The van der Waals surface area contributed by atoms with Gasteiger partial charge >= 0.3 is 0 Å². The first-order valence-corrected chi connectivity index (χ1v) is 11.3. The Bertz CT molecular complexity index is 1290. The molecule has 180 valence electrons. The van der Waals surface area contributed by atoms with Crippen LogP contribution in [0.25, 0.3) is 11.3 Å². The zero-order valence-corrected chi connectivity index (χ0v) is 18.8. The van der Waals surface area contributed by atoms with Gasteiger partial charge in [0.15, 0.2) is 5.78 Å². The first kappa shape index (κ1) is 22.7. The predicted octanol–water partition coefficient (Wildman–Crippen LogP) is 3.02. The van der Waals surface area contributed by atoms with Gasteiger partial charge in [0.1, 0.15) is 12.0 Å². The van der Waals surface area contributed by atoms with Crippen molar-refractivity contribution in [1.82, 2.24) is 14.9 Å². The quantitative estimate of drug-likeness (QED) is 0.414. The minimum absolute atomic E-state index is 0.0561. The standard InChI is InChI=1S/C25H24FN5O4/c26-17-11-16(17)25(35)30-20-10-14(6-8-27-20)23-24(28-15-4-2-1-3-5-15)22-18(29-23)12-31(13-19(22)33)21(34)7-9-32/h1-6,8,10,16-17,28-29,32H,7,9,11-13H2,(H,27,30,35)/t16-,17+/m1/s1. The summed E-state index contributed by atoms with van der Waals surface area (Å²) in [4.78, 5) is 46.6. The van der Waals surface area contributed by atoms with E-state index in [9.17, 15) is 18.8 Å². The van der Waals surface area contributed by atoms with Gasteiger partial charge in [0, 0.05) is 29.6 Å². The monoisotopic (exact) mass is 477 g/mol. The summed E-state index contributed by atoms with van der Waals surface area (Å²) in [6.07, 6.45) is 0.570. The van der Waals surface area contributed by atoms with Crippen LogP contribution in [0.5, 0.6) is 0 Å². The summed E-state index contributed by atoms with van der Waals surface area (Å²) in [6.45, 7) is -0.184. The first-order valence-electron chi connectivity index (χ1n) is 11.3. The molecule has 3 aromatic rings. The summed E-state index contributed by atoms with van der Waals surface area (Å²) in [5.41, 5.74) is 3.60. The number of anilines is 3. The van der Waals surface area contributed by atoms with E-state index < -0.39 is 18.0 Å². The van der Waals surface area contributed by atoms with E-state index in [1.807, 2.05) is 30.3 Å². The third-order valence-electron chi connectivity index (χ3n) is 6.11. The Balaban J connectivity index is 1.52. The van der Waals surface area contributed by atoms with Gasteiger partial charge in [0.2, 0.25) is 11.8 Å². The number of alkyl halides is 1. The summed E-state index contributed by atoms with van der Waals surface area (Å²) in [5.74, 6) is -1.32. The van der Waals surface area contributed by atoms with Crippen molar-refractivity contribution in [3.8, 4) is 11.3 Å². The molecule has 1 aliphatic carbocycles. The normalized spacial score (nSPS) is 18.7. The number of halogens is 1. The lowest BCUT2D eigenvalue weighted by Gasteiger charge is -2.26. The van der Waals surface area contributed by atoms with Crippen LogP contribution in [0.4, 0.5) is 21.6 Å². The lowest BCUT2D eigenvalue weighted by Crippen LogP contribution is -2.39. The lowest BCUT2D eigenvalue weighted by atomic mass is 10.0. The van der Waals surface area contributed by atoms with Gasteiger partial charge in [-0.15, -0.1) is 0 Å². The molecule has 0 unspecified atom stereocenters. The van der Waals surface area contributed by atoms with E-state index in [1.54, 1.807) is 12.1 Å². The van der Waals surface area contributed by atoms with E-state index in [0.717, 1.165) is 5.69 Å². The number of para-hydroxylation sites is 1. The van der Waals surface area contributed by atoms with Crippen molar-refractivity contribution in [2.45, 2.75) is 25.6 Å². The molecule has 3 heterocycles. The van der Waals surface area contributed by atoms with Crippen molar-refractivity contribution in [3.05, 3.63) is 59.9 Å². The molecule has 4 N–H and O–H groups in total. The van der Waals surface area contributed by atoms with Crippen LogP contribution in [-0.4, -0.2) is 56.9 Å². The highest BCUT2D eigenvalue weighted by atomic mass is 19.1. The Morgan fingerprint density at radius 1 is 1.20 bits per heavy atom. The molecule has 0 bridgehead atoms. The molecule has 0 spiro atoms. The van der Waals surface area contributed by atoms with Gasteiger partial charge in [0.25, 0.3) is 0 Å². The highest BCUT2D eigenvalue weighted by molar-refractivity contribution is 6.09. The fourth-order valence-electron chi connectivity index (χ4n) is 4.22. The van der Waals surface area contributed by atoms with Crippen LogP contribution in [-0.2, 0) is 16.1 Å². The highest BCUT2D eigenvalue weighted by Gasteiger charge is 2.43. The third-order valence-corrected chi connectivity index (χ3v) is 6.11. The van der Waals surface area contributed by atoms with Gasteiger partial charge in [-0.05, 0) is 30.7 Å². The van der Waals surface area contributed by atoms with Crippen LogP contribution in [0, 0.1) is 5.92 Å². The van der Waals surface area contributed by atoms with Gasteiger partial charge in [-0.3, -0.25) is 14.4 Å². The molecule has 1 aliphatic heterocycles. The molecule has 1 saturated carbocycles. The second-order valence-corrected chi connectivity index (χ2v) is 8.64. The summed E-state index contributed by atoms with van der Waals surface area (Å²) in [7, 11) is 0. The number of nitrogens with zero attached hydrogens (tertiary/aromatic N) is 2. The van der Waals surface area contributed by atoms with Gasteiger partial charge in [-0.2, -0.15) is 0 Å². The van der Waals surface area contributed by atoms with Crippen molar-refractivity contribution >= 4 is 34.8 Å². The van der Waals surface area contributed by atoms with Crippen LogP contribution >= 0.6 is 0 Å². The number of hydrogen-bond acceptors (Lipinski definition) is 6. The van der Waals surface area contributed by atoms with E-state index in [2.05, 4.69) is 20.6 Å². The van der Waals surface area contributed by atoms with E-state index in [-0.39, 0.29) is 50.0 Å². The number of carbonyl (C=O) groups excluding carboxylic acids is 3. The number of fused-ring (bicyclic) bond motifs is 1. The van der Waals surface area contributed by atoms with Crippen molar-refractivity contribution in [1.29, 1.82) is 0 Å². The van der Waals surface area contributed by atoms with Crippen molar-refractivity contribution in [2.24, 2.45) is 5.92 Å². The number of pyridine rings is 1. The first-order chi connectivity index (χ1) is 16.9. The summed E-state index contributed by atoms with van der Waals surface area (Å²) in [6, 6.07) is 12.7. The molecule has 2 atom stereocenters. The van der Waals surface area contributed by atoms with E-state index in [0.29, 0.717) is 28.2 Å². The number of ketones is 1. The molecule has 2 amide bonds. The largest absolute Gasteiger partial charge is 0.396 e. The smallest absolute Gasteiger partial charge is 0.231 e. The maximum Gasteiger partial charge on any atom is 0.231 e. The van der Waals surface area contributed by atoms with Gasteiger partial charge in [0.05, 0.1) is 42.6 Å². The number of nitrogens with one attached hydrogen (secondary N) is 3. The maximum atomic E-state index is 13.3. The van der Waals surface area contributed by atoms with Crippen LogP contribution < -0.4 is 10.6 Å². The minimum atomic E-state index is -1.11. The van der Waals surface area contributed by atoms with Crippen LogP contribution in [0.2, 0.25) is 0 Å². The van der Waals surface area contributed by atoms with Crippen LogP contribution in [0.3, 0.4) is 0 Å². The number of aliphatic hydroxyl groups is 1. The zero-order valence-electron chi connectivity index (χ0n) is 18.8. The van der Waals surface area contributed by atoms with Crippen molar-refractivity contribution in [2.75, 3.05) is 23.8 Å². The number of aromatic nitrogens is 2. The number of hydrogen-bond donors (Lipinski definition) is 4. The molecule has 0 saturated heterocycles. The molecule has 0 radical (unpaired) electrons. The predicted molar refractivity (Wildman–Crippen MR) is 127 cm³/mol. The molecule has 1 fully saturated rings. The number of aromatic amines is 1. The molecular formula is C25H24FN5O4. The molecule has 35 heavy (non-hydrogen) atoms. The Hall–Kier alpha value is -4.05. The van der Waals surface area contributed by atoms with Gasteiger partial charge in [-0.1, -0.05) is 18.2 Å². The molecule has 1 aromatic carbocycles. The second kappa shape index (κ2) is 9.30. The van der Waals surface area contributed by atoms with E-state index in [1.165, 1.54) is 11.1 Å². The van der Waals surface area contributed by atoms with E-state index >= 15 is 0 Å². The number of rotatable bonds is 7. The van der Waals surface area contributed by atoms with Gasteiger partial charge < -0.3 is 25.6 Å². The third kappa shape index (κ3) is 4.65. The number of benzene rings is 1. The Morgan fingerprint density at radius 3 is 2.69 bits per heavy atom. The zero-order chi connectivity index (χ0) is 24.5. The summed E-state index contributed by atoms with van der Waals surface area (Å²) in [5, 5.41) is 15.1. The van der Waals surface area contributed by atoms with Crippen LogP contribution in [0.15, 0.2) is 48.7 Å². The van der Waals surface area contributed by atoms with Crippen molar-refractivity contribution < 1.29 is 23.9 Å². The molecule has 2 aromatic heterocycles. The minimum Gasteiger partial charge on any atom is -0.396 e. The molecular weight excluding hydrogens is 453 g/mol. The molecule has 2 aliphatic rings. The SMILES string of the molecule is O=C1CN(C(=O)CCO)Cc2[nH]c(-c3ccnc(NC(=O)[C@@H]4C[C@@H]4F)c3)c(Nc3ccccc3)c21. The topological polar surface area (TPSA) is 127 Å². The Kier molecular flexibility index (Phi) is 6.04. The number of H-pyrrole nitrogens is 1. The van der Waals surface area contributed by atoms with Gasteiger partial charge in [-0.25, -0.2) is 9.37 Å². The van der Waals surface area contributed by atoms with E-state index in [4.69, 9.17) is 5.11 Å². The Morgan fingerprint density at radius 2 is 1.97 bits per heavy atom. The fourth-order valence-corrected chi connectivity index (χ4v) is 4.22. The van der Waals surface area contributed by atoms with Crippen molar-refractivity contribution in [3.63, 3.8) is 0 Å². The summed E-state index contributed by atoms with van der Waals surface area (Å²) >= 11 is 0. The summed E-state index contributed by atoms with van der Waals surface area (Å²) < 4.78 is 13.3. The molecule has 9 nitrogen and oxygen atoms in total. The number of amides is 2. The lowest BCUT2D eigenvalue weighted by molar-refractivity contribution is -0.132. The molecule has 5 rings (SSSR count).